The van der Waals surface area contributed by atoms with Crippen molar-refractivity contribution in [1.82, 2.24) is 0 Å². The van der Waals surface area contributed by atoms with E-state index in [9.17, 15) is 9.50 Å². The summed E-state index contributed by atoms with van der Waals surface area (Å²) >= 11 is 11.9. The van der Waals surface area contributed by atoms with E-state index in [2.05, 4.69) is 0 Å². The van der Waals surface area contributed by atoms with Crippen LogP contribution in [0.25, 0.3) is 0 Å². The summed E-state index contributed by atoms with van der Waals surface area (Å²) < 4.78 is 13.3. The Bertz CT molecular complexity index is 599. The highest BCUT2D eigenvalue weighted by atomic mass is 35.5. The van der Waals surface area contributed by atoms with Crippen molar-refractivity contribution in [3.63, 3.8) is 0 Å². The summed E-state index contributed by atoms with van der Waals surface area (Å²) in [6.07, 6.45) is -0.406. The number of aliphatic hydroxyl groups excluding tert-OH is 1. The second kappa shape index (κ2) is 5.91. The molecule has 19 heavy (non-hydrogen) atoms. The standard InChI is InChI=1S/C15H13Cl2FO/c1-9-5-12(13(17)8-14(9)18)15(19)7-10-3-2-4-11(16)6-10/h2-6,8,15,19H,7H2,1H3. The van der Waals surface area contributed by atoms with Crippen LogP contribution in [-0.2, 0) is 6.42 Å². The summed E-state index contributed by atoms with van der Waals surface area (Å²) in [5, 5.41) is 11.1. The Labute approximate surface area is 121 Å². The predicted molar refractivity (Wildman–Crippen MR) is 76.3 cm³/mol. The monoisotopic (exact) mass is 298 g/mol. The minimum absolute atomic E-state index is 0.234. The molecule has 0 amide bonds. The lowest BCUT2D eigenvalue weighted by Gasteiger charge is -2.14. The highest BCUT2D eigenvalue weighted by Crippen LogP contribution is 2.28. The Balaban J connectivity index is 2.25. The van der Waals surface area contributed by atoms with E-state index in [1.807, 2.05) is 12.1 Å². The van der Waals surface area contributed by atoms with Crippen molar-refractivity contribution < 1.29 is 9.50 Å². The van der Waals surface area contributed by atoms with Crippen LogP contribution in [-0.4, -0.2) is 5.11 Å². The first-order valence-corrected chi connectivity index (χ1v) is 6.61. The van der Waals surface area contributed by atoms with Gasteiger partial charge in [-0.3, -0.25) is 0 Å². The van der Waals surface area contributed by atoms with E-state index in [4.69, 9.17) is 23.2 Å². The van der Waals surface area contributed by atoms with Crippen LogP contribution in [0.5, 0.6) is 0 Å². The first-order valence-electron chi connectivity index (χ1n) is 5.85. The Morgan fingerprint density at radius 1 is 1.21 bits per heavy atom. The smallest absolute Gasteiger partial charge is 0.127 e. The van der Waals surface area contributed by atoms with Gasteiger partial charge >= 0.3 is 0 Å². The molecule has 0 aliphatic rings. The van der Waals surface area contributed by atoms with E-state index in [0.29, 0.717) is 22.6 Å². The largest absolute Gasteiger partial charge is 0.388 e. The van der Waals surface area contributed by atoms with Gasteiger partial charge in [-0.25, -0.2) is 4.39 Å². The van der Waals surface area contributed by atoms with E-state index in [-0.39, 0.29) is 10.8 Å². The number of hydrogen-bond donors (Lipinski definition) is 1. The molecule has 4 heteroatoms. The zero-order chi connectivity index (χ0) is 14.0. The lowest BCUT2D eigenvalue weighted by molar-refractivity contribution is 0.178. The predicted octanol–water partition coefficient (Wildman–Crippen LogP) is 4.72. The molecule has 0 aliphatic carbocycles. The third-order valence-electron chi connectivity index (χ3n) is 2.96. The van der Waals surface area contributed by atoms with Crippen LogP contribution < -0.4 is 0 Å². The lowest BCUT2D eigenvalue weighted by atomic mass is 10.00. The van der Waals surface area contributed by atoms with Crippen molar-refractivity contribution in [3.8, 4) is 0 Å². The van der Waals surface area contributed by atoms with Gasteiger partial charge in [0.25, 0.3) is 0 Å². The normalized spacial score (nSPS) is 12.5. The number of aryl methyl sites for hydroxylation is 1. The van der Waals surface area contributed by atoms with Crippen LogP contribution >= 0.6 is 23.2 Å². The molecule has 1 unspecified atom stereocenters. The molecule has 0 aromatic heterocycles. The highest BCUT2D eigenvalue weighted by molar-refractivity contribution is 6.31. The molecule has 1 N–H and O–H groups in total. The molecular weight excluding hydrogens is 286 g/mol. The summed E-state index contributed by atoms with van der Waals surface area (Å²) in [4.78, 5) is 0. The van der Waals surface area contributed by atoms with Crippen LogP contribution in [0.1, 0.15) is 22.8 Å². The number of hydrogen-bond acceptors (Lipinski definition) is 1. The first kappa shape index (κ1) is 14.3. The maximum Gasteiger partial charge on any atom is 0.127 e. The molecular formula is C15H13Cl2FO. The van der Waals surface area contributed by atoms with E-state index >= 15 is 0 Å². The van der Waals surface area contributed by atoms with Crippen LogP contribution in [0.2, 0.25) is 10.0 Å². The number of rotatable bonds is 3. The zero-order valence-corrected chi connectivity index (χ0v) is 11.8. The molecule has 100 valence electrons. The van der Waals surface area contributed by atoms with Crippen LogP contribution in [0.4, 0.5) is 4.39 Å². The summed E-state index contributed by atoms with van der Waals surface area (Å²) in [7, 11) is 0. The van der Waals surface area contributed by atoms with E-state index < -0.39 is 6.10 Å². The van der Waals surface area contributed by atoms with Crippen molar-refractivity contribution in [1.29, 1.82) is 0 Å². The van der Waals surface area contributed by atoms with Crippen molar-refractivity contribution in [3.05, 3.63) is 69.0 Å². The molecule has 0 aliphatic heterocycles. The van der Waals surface area contributed by atoms with E-state index in [0.717, 1.165) is 5.56 Å². The highest BCUT2D eigenvalue weighted by Gasteiger charge is 2.14. The third-order valence-corrected chi connectivity index (χ3v) is 3.52. The maximum atomic E-state index is 13.3. The fourth-order valence-corrected chi connectivity index (χ4v) is 2.42. The van der Waals surface area contributed by atoms with Gasteiger partial charge in [0.1, 0.15) is 5.82 Å². The molecule has 0 saturated carbocycles. The number of halogens is 3. The summed E-state index contributed by atoms with van der Waals surface area (Å²) in [6.45, 7) is 1.64. The average molecular weight is 299 g/mol. The molecule has 0 radical (unpaired) electrons. The summed E-state index contributed by atoms with van der Waals surface area (Å²) in [6, 6.07) is 10.1. The van der Waals surface area contributed by atoms with Crippen LogP contribution in [0, 0.1) is 12.7 Å². The summed E-state index contributed by atoms with van der Waals surface area (Å²) in [5.74, 6) is -0.372. The van der Waals surface area contributed by atoms with Crippen molar-refractivity contribution >= 4 is 23.2 Å². The SMILES string of the molecule is Cc1cc(C(O)Cc2cccc(Cl)c2)c(Cl)cc1F. The average Bonchev–Trinajstić information content (AvgIpc) is 2.33. The Hall–Kier alpha value is -1.09. The molecule has 1 atom stereocenters. The van der Waals surface area contributed by atoms with Gasteiger partial charge in [0, 0.05) is 16.5 Å². The molecule has 0 bridgehead atoms. The minimum atomic E-state index is -0.787. The molecule has 2 aromatic rings. The fraction of sp³-hybridized carbons (Fsp3) is 0.200. The van der Waals surface area contributed by atoms with E-state index in [1.54, 1.807) is 25.1 Å². The molecule has 0 heterocycles. The fourth-order valence-electron chi connectivity index (χ4n) is 1.93. The molecule has 0 saturated heterocycles. The van der Waals surface area contributed by atoms with Gasteiger partial charge in [0.15, 0.2) is 0 Å². The second-order valence-corrected chi connectivity index (χ2v) is 5.32. The molecule has 0 spiro atoms. The Morgan fingerprint density at radius 2 is 1.95 bits per heavy atom. The van der Waals surface area contributed by atoms with Crippen LogP contribution in [0.15, 0.2) is 36.4 Å². The number of aliphatic hydroxyl groups is 1. The van der Waals surface area contributed by atoms with Gasteiger partial charge in [0.2, 0.25) is 0 Å². The van der Waals surface area contributed by atoms with Gasteiger partial charge in [0.05, 0.1) is 6.10 Å². The number of benzene rings is 2. The molecule has 1 nitrogen and oxygen atoms in total. The molecule has 0 fully saturated rings. The zero-order valence-electron chi connectivity index (χ0n) is 10.3. The van der Waals surface area contributed by atoms with Crippen molar-refractivity contribution in [2.24, 2.45) is 0 Å². The van der Waals surface area contributed by atoms with Crippen molar-refractivity contribution in [2.45, 2.75) is 19.4 Å². The summed E-state index contributed by atoms with van der Waals surface area (Å²) in [5.41, 5.74) is 1.89. The first-order chi connectivity index (χ1) is 8.97. The molecule has 2 rings (SSSR count). The maximum absolute atomic E-state index is 13.3. The van der Waals surface area contributed by atoms with Gasteiger partial charge in [-0.05, 0) is 47.9 Å². The van der Waals surface area contributed by atoms with Crippen LogP contribution in [0.3, 0.4) is 0 Å². The van der Waals surface area contributed by atoms with Gasteiger partial charge in [-0.1, -0.05) is 35.3 Å². The van der Waals surface area contributed by atoms with Gasteiger partial charge in [-0.2, -0.15) is 0 Å². The minimum Gasteiger partial charge on any atom is -0.388 e. The van der Waals surface area contributed by atoms with Gasteiger partial charge < -0.3 is 5.11 Å². The molecule has 2 aromatic carbocycles. The quantitative estimate of drug-likeness (QED) is 0.869. The Morgan fingerprint density at radius 3 is 2.63 bits per heavy atom. The van der Waals surface area contributed by atoms with Gasteiger partial charge in [-0.15, -0.1) is 0 Å². The second-order valence-electron chi connectivity index (χ2n) is 4.47. The van der Waals surface area contributed by atoms with E-state index in [1.165, 1.54) is 6.07 Å². The third kappa shape index (κ3) is 3.47. The topological polar surface area (TPSA) is 20.2 Å². The van der Waals surface area contributed by atoms with Crippen molar-refractivity contribution in [2.75, 3.05) is 0 Å². The lowest BCUT2D eigenvalue weighted by Crippen LogP contribution is -2.04. The Kier molecular flexibility index (Phi) is 4.46.